The number of pyridine rings is 3. The van der Waals surface area contributed by atoms with Gasteiger partial charge in [0.1, 0.15) is 38.4 Å². The van der Waals surface area contributed by atoms with E-state index in [1.807, 2.05) is 59.4 Å². The summed E-state index contributed by atoms with van der Waals surface area (Å²) in [7, 11) is 1.66. The van der Waals surface area contributed by atoms with Crippen LogP contribution in [0.25, 0.3) is 0 Å². The molecule has 8 rings (SSSR count). The fourth-order valence-electron chi connectivity index (χ4n) is 8.61. The second-order valence-corrected chi connectivity index (χ2v) is 19.9. The number of nitrogens with zero attached hydrogens (tertiary/aromatic N) is 6. The number of amides is 2. The zero-order chi connectivity index (χ0) is 56.3. The maximum Gasteiger partial charge on any atom is 0.417 e. The molecule has 0 radical (unpaired) electrons. The van der Waals surface area contributed by atoms with Crippen molar-refractivity contribution >= 4 is 72.8 Å². The molecule has 414 valence electrons. The Balaban J connectivity index is 0.000000317. The van der Waals surface area contributed by atoms with E-state index in [0.717, 1.165) is 65.7 Å². The number of halogens is 8. The highest BCUT2D eigenvalue weighted by molar-refractivity contribution is 9.10. The Labute approximate surface area is 460 Å². The van der Waals surface area contributed by atoms with Crippen molar-refractivity contribution in [1.29, 1.82) is 0 Å². The summed E-state index contributed by atoms with van der Waals surface area (Å²) in [6.45, 7) is 8.27. The Morgan fingerprint density at radius 2 is 1.58 bits per heavy atom. The summed E-state index contributed by atoms with van der Waals surface area (Å²) in [4.78, 5) is 75.2. The van der Waals surface area contributed by atoms with Crippen molar-refractivity contribution in [2.24, 2.45) is 0 Å². The van der Waals surface area contributed by atoms with E-state index in [-0.39, 0.29) is 27.2 Å². The largest absolute Gasteiger partial charge is 0.489 e. The van der Waals surface area contributed by atoms with Crippen LogP contribution in [0.2, 0.25) is 0 Å². The van der Waals surface area contributed by atoms with Gasteiger partial charge in [-0.25, -0.2) is 19.7 Å². The molecule has 3 aliphatic heterocycles. The number of hydrogen-bond donors (Lipinski definition) is 1. The Morgan fingerprint density at radius 1 is 0.883 bits per heavy atom. The van der Waals surface area contributed by atoms with Gasteiger partial charge in [0.05, 0.1) is 36.1 Å². The molecular formula is C52H54Br2F6N6O10S. The molecule has 2 saturated heterocycles. The topological polar surface area (TPSA) is 191 Å². The first kappa shape index (κ1) is 61.5. The molecule has 5 aromatic rings. The highest BCUT2D eigenvalue weighted by Gasteiger charge is 2.56. The first-order chi connectivity index (χ1) is 36.7. The van der Waals surface area contributed by atoms with Crippen molar-refractivity contribution in [2.75, 3.05) is 64.6 Å². The van der Waals surface area contributed by atoms with Crippen LogP contribution < -0.4 is 19.1 Å². The van der Waals surface area contributed by atoms with Gasteiger partial charge in [-0.1, -0.05) is 24.3 Å². The molecule has 2 amide bonds. The van der Waals surface area contributed by atoms with E-state index < -0.39 is 46.7 Å². The minimum Gasteiger partial charge on any atom is -0.489 e. The summed E-state index contributed by atoms with van der Waals surface area (Å²) in [5.74, 6) is -0.0827. The first-order valence-electron chi connectivity index (χ1n) is 23.8. The predicted molar refractivity (Wildman–Crippen MR) is 277 cm³/mol. The standard InChI is InChI=1S/C38H48N4O6S.C7H3BrF3NO2.C6H3BrF3N.CO2/c1-28-15-17-39-35-34(28)36(43)42-18-11-16-38(48-30-26-29(2)49-27-30,33(42)14-7-5-4-6-10-23-47-35)37(44)41-21-19-40(20-22-41)31-12-8-9-13-32(31)46-25-24-45-3;8-5-4(6(13)14)3(1-2-12-5)7(9,10)11;7-5-3-4(1-2-11-5)6(8,9)10;2-1-3/h5,7-9,12-13,15,17,26-27,33H,4,6,10-11,14,16,18-25H2,1-3H3;1-2H,(H,13,14);1-3H;/b7-5+;;;/t33-,38+;;;/m1.../s1. The minimum absolute atomic E-state index is 0.0692. The highest BCUT2D eigenvalue weighted by Crippen LogP contribution is 2.41. The Hall–Kier alpha value is -6.40. The third-order valence-corrected chi connectivity index (χ3v) is 14.0. The van der Waals surface area contributed by atoms with Crippen LogP contribution >= 0.6 is 43.2 Å². The molecule has 0 unspecified atom stereocenters. The van der Waals surface area contributed by atoms with Crippen LogP contribution in [0.4, 0.5) is 32.0 Å². The number of allylic oxidation sites excluding steroid dienone is 1. The summed E-state index contributed by atoms with van der Waals surface area (Å²) < 4.78 is 96.7. The molecule has 25 heteroatoms. The summed E-state index contributed by atoms with van der Waals surface area (Å²) >= 11 is 7.08. The predicted octanol–water partition coefficient (Wildman–Crippen LogP) is 10.9. The van der Waals surface area contributed by atoms with Crippen molar-refractivity contribution in [2.45, 2.75) is 76.4 Å². The molecule has 2 atom stereocenters. The number of carboxylic acids is 1. The zero-order valence-electron chi connectivity index (χ0n) is 41.9. The van der Waals surface area contributed by atoms with Crippen LogP contribution in [-0.2, 0) is 31.5 Å². The van der Waals surface area contributed by atoms with Gasteiger partial charge in [-0.15, -0.1) is 11.3 Å². The van der Waals surface area contributed by atoms with E-state index in [2.05, 4.69) is 69.9 Å². The molecule has 1 aromatic carbocycles. The fourth-order valence-corrected chi connectivity index (χ4v) is 10.1. The number of fused-ring (bicyclic) bond motifs is 2. The van der Waals surface area contributed by atoms with Crippen LogP contribution in [0, 0.1) is 13.8 Å². The van der Waals surface area contributed by atoms with Gasteiger partial charge in [0.2, 0.25) is 11.5 Å². The molecule has 0 aliphatic carbocycles. The van der Waals surface area contributed by atoms with E-state index in [9.17, 15) is 35.9 Å². The second-order valence-electron chi connectivity index (χ2n) is 17.2. The smallest absolute Gasteiger partial charge is 0.417 e. The molecular weight excluding hydrogens is 1170 g/mol. The normalized spacial score (nSPS) is 18.1. The number of hydrogen-bond acceptors (Lipinski definition) is 14. The van der Waals surface area contributed by atoms with Gasteiger partial charge in [-0.3, -0.25) is 9.59 Å². The second kappa shape index (κ2) is 28.8. The van der Waals surface area contributed by atoms with Crippen LogP contribution in [0.15, 0.2) is 99.9 Å². The zero-order valence-corrected chi connectivity index (χ0v) is 45.9. The molecule has 0 spiro atoms. The van der Waals surface area contributed by atoms with Crippen LogP contribution in [0.1, 0.15) is 80.8 Å². The lowest BCUT2D eigenvalue weighted by atomic mass is 9.80. The van der Waals surface area contributed by atoms with Gasteiger partial charge in [0, 0.05) is 75.1 Å². The number of aromatic nitrogens is 3. The van der Waals surface area contributed by atoms with Gasteiger partial charge in [0.25, 0.3) is 11.8 Å². The molecule has 0 bridgehead atoms. The summed E-state index contributed by atoms with van der Waals surface area (Å²) in [5, 5.41) is 10.5. The number of alkyl halides is 6. The molecule has 16 nitrogen and oxygen atoms in total. The number of aromatic carboxylic acids is 1. The monoisotopic (exact) mass is 1230 g/mol. The van der Waals surface area contributed by atoms with Gasteiger partial charge in [-0.2, -0.15) is 35.9 Å². The number of carbonyl (C=O) groups excluding carboxylic acids is 4. The number of piperazine rings is 1. The van der Waals surface area contributed by atoms with E-state index in [1.54, 1.807) is 24.6 Å². The average molecular weight is 1230 g/mol. The Bertz CT molecular complexity index is 2850. The maximum absolute atomic E-state index is 15.1. The number of benzene rings is 1. The lowest BCUT2D eigenvalue weighted by Gasteiger charge is -2.50. The SMILES string of the molecule is COCCOc1ccccc1N1CCN(C(=O)[C@]2(Oc3csc(C)c3)CCCN3C(=O)c4c(C)ccnc4OCCCC/C=C/C[C@@H]32)CC1.FC(F)(F)c1ccnc(Br)c1.O=C(O)c1c(C(F)(F)F)ccnc1Br.O=C=O. The van der Waals surface area contributed by atoms with Crippen molar-refractivity contribution in [3.8, 4) is 17.4 Å². The fraction of sp³-hybridized carbons (Fsp3) is 0.404. The number of para-hydroxylation sites is 2. The van der Waals surface area contributed by atoms with E-state index in [1.165, 1.54) is 0 Å². The number of aryl methyl sites for hydroxylation is 2. The first-order valence-corrected chi connectivity index (χ1v) is 26.3. The number of ether oxygens (including phenoxy) is 4. The third-order valence-electron chi connectivity index (χ3n) is 12.2. The molecule has 4 aromatic heterocycles. The van der Waals surface area contributed by atoms with E-state index in [0.29, 0.717) is 95.1 Å². The number of anilines is 1. The average Bonchev–Trinajstić information content (AvgIpc) is 3.80. The Kier molecular flexibility index (Phi) is 23.0. The lowest BCUT2D eigenvalue weighted by Crippen LogP contribution is -2.69. The van der Waals surface area contributed by atoms with Gasteiger partial charge in [0.15, 0.2) is 0 Å². The third kappa shape index (κ3) is 16.8. The van der Waals surface area contributed by atoms with Crippen molar-refractivity contribution in [1.82, 2.24) is 24.8 Å². The van der Waals surface area contributed by atoms with E-state index in [4.69, 9.17) is 33.6 Å². The Morgan fingerprint density at radius 3 is 2.21 bits per heavy atom. The lowest BCUT2D eigenvalue weighted by molar-refractivity contribution is -0.191. The number of carboxylic acid groups (broad SMARTS) is 1. The van der Waals surface area contributed by atoms with Gasteiger partial charge < -0.3 is 38.8 Å². The maximum atomic E-state index is 15.1. The van der Waals surface area contributed by atoms with Crippen molar-refractivity contribution < 1.29 is 74.4 Å². The van der Waals surface area contributed by atoms with Gasteiger partial charge in [-0.05, 0) is 126 Å². The molecule has 77 heavy (non-hydrogen) atoms. The van der Waals surface area contributed by atoms with Crippen LogP contribution in [0.5, 0.6) is 17.4 Å². The van der Waals surface area contributed by atoms with Crippen LogP contribution in [-0.4, -0.2) is 125 Å². The summed E-state index contributed by atoms with van der Waals surface area (Å²) in [6.07, 6.45) is 3.60. The van der Waals surface area contributed by atoms with Crippen molar-refractivity contribution in [3.05, 3.63) is 133 Å². The number of piperidine rings is 1. The number of rotatable bonds is 9. The summed E-state index contributed by atoms with van der Waals surface area (Å²) in [6, 6.07) is 13.8. The molecule has 3 aliphatic rings. The van der Waals surface area contributed by atoms with Crippen LogP contribution in [0.3, 0.4) is 0 Å². The number of carbonyl (C=O) groups is 3. The minimum atomic E-state index is -4.70. The molecule has 0 saturated carbocycles. The van der Waals surface area contributed by atoms with E-state index >= 15 is 4.79 Å². The number of methoxy groups -OCH3 is 1. The quantitative estimate of drug-likeness (QED) is 0.0634. The molecule has 1 N–H and O–H groups in total. The summed E-state index contributed by atoms with van der Waals surface area (Å²) in [5.41, 5.74) is -1.78. The van der Waals surface area contributed by atoms with Gasteiger partial charge >= 0.3 is 24.5 Å². The highest BCUT2D eigenvalue weighted by atomic mass is 79.9. The number of thiophene rings is 1. The molecule has 2 fully saturated rings. The molecule has 7 heterocycles. The van der Waals surface area contributed by atoms with Crippen molar-refractivity contribution in [3.63, 3.8) is 0 Å².